The van der Waals surface area contributed by atoms with Crippen LogP contribution in [-0.4, -0.2) is 5.78 Å². The van der Waals surface area contributed by atoms with E-state index in [9.17, 15) is 4.79 Å². The molecule has 0 saturated carbocycles. The second kappa shape index (κ2) is 6.80. The van der Waals surface area contributed by atoms with Crippen LogP contribution >= 0.6 is 11.6 Å². The maximum absolute atomic E-state index is 13.1. The molecule has 0 spiro atoms. The van der Waals surface area contributed by atoms with Crippen LogP contribution in [0.1, 0.15) is 21.5 Å². The van der Waals surface area contributed by atoms with E-state index in [0.717, 1.165) is 11.1 Å². The molecule has 23 heavy (non-hydrogen) atoms. The van der Waals surface area contributed by atoms with Crippen molar-refractivity contribution < 1.29 is 4.79 Å². The van der Waals surface area contributed by atoms with Crippen molar-refractivity contribution in [2.45, 2.75) is 11.3 Å². The van der Waals surface area contributed by atoms with Gasteiger partial charge in [-0.15, -0.1) is 11.6 Å². The van der Waals surface area contributed by atoms with Gasteiger partial charge in [0, 0.05) is 12.0 Å². The molecule has 0 amide bonds. The van der Waals surface area contributed by atoms with Gasteiger partial charge in [-0.3, -0.25) is 4.79 Å². The lowest BCUT2D eigenvalue weighted by molar-refractivity contribution is 0.0936. The quantitative estimate of drug-likeness (QED) is 0.464. The second-order valence-corrected chi connectivity index (χ2v) is 6.17. The molecule has 0 fully saturated rings. The average Bonchev–Trinajstić information content (AvgIpc) is 2.63. The zero-order chi connectivity index (χ0) is 16.1. The van der Waals surface area contributed by atoms with Gasteiger partial charge in [-0.25, -0.2) is 0 Å². The van der Waals surface area contributed by atoms with E-state index in [2.05, 4.69) is 0 Å². The van der Waals surface area contributed by atoms with Gasteiger partial charge in [0.15, 0.2) is 5.78 Å². The zero-order valence-electron chi connectivity index (χ0n) is 12.7. The molecule has 3 rings (SSSR count). The number of Topliss-reactive ketones (excluding diaryl/α,β-unsaturated/α-hetero) is 1. The lowest BCUT2D eigenvalue weighted by atomic mass is 9.84. The van der Waals surface area contributed by atoms with E-state index < -0.39 is 4.87 Å². The molecule has 0 saturated heterocycles. The Morgan fingerprint density at radius 2 is 1.22 bits per heavy atom. The SMILES string of the molecule is O=C(c1ccccc1)[C@](Cl)(Cc1ccccc1)c1ccccc1. The van der Waals surface area contributed by atoms with Crippen molar-refractivity contribution in [2.75, 3.05) is 0 Å². The van der Waals surface area contributed by atoms with Gasteiger partial charge < -0.3 is 0 Å². The Morgan fingerprint density at radius 3 is 1.78 bits per heavy atom. The van der Waals surface area contributed by atoms with Crippen molar-refractivity contribution in [1.82, 2.24) is 0 Å². The summed E-state index contributed by atoms with van der Waals surface area (Å²) in [6, 6.07) is 28.7. The Balaban J connectivity index is 2.05. The van der Waals surface area contributed by atoms with Crippen LogP contribution in [0.4, 0.5) is 0 Å². The first kappa shape index (κ1) is 15.5. The summed E-state index contributed by atoms with van der Waals surface area (Å²) >= 11 is 6.93. The predicted molar refractivity (Wildman–Crippen MR) is 94.9 cm³/mol. The number of hydrogen-bond acceptors (Lipinski definition) is 1. The zero-order valence-corrected chi connectivity index (χ0v) is 13.4. The third kappa shape index (κ3) is 3.35. The summed E-state index contributed by atoms with van der Waals surface area (Å²) in [6.45, 7) is 0. The summed E-state index contributed by atoms with van der Waals surface area (Å²) in [5.41, 5.74) is 2.48. The lowest BCUT2D eigenvalue weighted by Crippen LogP contribution is -2.32. The fourth-order valence-corrected chi connectivity index (χ4v) is 3.10. The molecule has 0 aliphatic carbocycles. The number of carbonyl (C=O) groups excluding carboxylic acids is 1. The van der Waals surface area contributed by atoms with Crippen LogP contribution in [0.25, 0.3) is 0 Å². The number of halogens is 1. The molecule has 0 bridgehead atoms. The van der Waals surface area contributed by atoms with E-state index in [1.807, 2.05) is 91.0 Å². The molecule has 0 heterocycles. The van der Waals surface area contributed by atoms with E-state index in [1.165, 1.54) is 0 Å². The Hall–Kier alpha value is -2.38. The van der Waals surface area contributed by atoms with Crippen LogP contribution in [0.3, 0.4) is 0 Å². The smallest absolute Gasteiger partial charge is 0.188 e. The molecule has 0 aliphatic rings. The highest BCUT2D eigenvalue weighted by atomic mass is 35.5. The van der Waals surface area contributed by atoms with Gasteiger partial charge in [0.05, 0.1) is 0 Å². The maximum atomic E-state index is 13.1. The predicted octanol–water partition coefficient (Wildman–Crippen LogP) is 5.25. The summed E-state index contributed by atoms with van der Waals surface area (Å²) in [6.07, 6.45) is 0.452. The van der Waals surface area contributed by atoms with Gasteiger partial charge in [-0.2, -0.15) is 0 Å². The number of carbonyl (C=O) groups is 1. The number of rotatable bonds is 5. The van der Waals surface area contributed by atoms with Crippen LogP contribution in [-0.2, 0) is 11.3 Å². The van der Waals surface area contributed by atoms with Crippen LogP contribution in [0, 0.1) is 0 Å². The molecule has 0 aromatic heterocycles. The summed E-state index contributed by atoms with van der Waals surface area (Å²) in [5.74, 6) is -0.0742. The number of ketones is 1. The summed E-state index contributed by atoms with van der Waals surface area (Å²) in [5, 5.41) is 0. The van der Waals surface area contributed by atoms with Gasteiger partial charge in [0.1, 0.15) is 4.87 Å². The molecule has 3 aromatic carbocycles. The molecule has 0 N–H and O–H groups in total. The van der Waals surface area contributed by atoms with Crippen molar-refractivity contribution >= 4 is 17.4 Å². The van der Waals surface area contributed by atoms with Crippen molar-refractivity contribution in [3.05, 3.63) is 108 Å². The average molecular weight is 321 g/mol. The topological polar surface area (TPSA) is 17.1 Å². The molecule has 2 heteroatoms. The monoisotopic (exact) mass is 320 g/mol. The lowest BCUT2D eigenvalue weighted by Gasteiger charge is -2.26. The molecule has 1 atom stereocenters. The highest BCUT2D eigenvalue weighted by molar-refractivity contribution is 6.38. The van der Waals surface area contributed by atoms with Gasteiger partial charge >= 0.3 is 0 Å². The number of alkyl halides is 1. The van der Waals surface area contributed by atoms with E-state index >= 15 is 0 Å². The van der Waals surface area contributed by atoms with Crippen LogP contribution < -0.4 is 0 Å². The Labute approximate surface area is 141 Å². The highest BCUT2D eigenvalue weighted by Gasteiger charge is 2.38. The first-order valence-electron chi connectivity index (χ1n) is 7.58. The first-order valence-corrected chi connectivity index (χ1v) is 7.96. The standard InChI is InChI=1S/C21H17ClO/c22-21(19-14-8-3-9-15-19,16-17-10-4-1-5-11-17)20(23)18-12-6-2-7-13-18/h1-15H,16H2/t21-/m0/s1. The van der Waals surface area contributed by atoms with Crippen molar-refractivity contribution in [2.24, 2.45) is 0 Å². The van der Waals surface area contributed by atoms with Crippen molar-refractivity contribution in [3.8, 4) is 0 Å². The third-order valence-corrected chi connectivity index (χ3v) is 4.44. The summed E-state index contributed by atoms with van der Waals surface area (Å²) in [7, 11) is 0. The molecular formula is C21H17ClO. The van der Waals surface area contributed by atoms with Crippen LogP contribution in [0.2, 0.25) is 0 Å². The van der Waals surface area contributed by atoms with Gasteiger partial charge in [0.2, 0.25) is 0 Å². The Bertz CT molecular complexity index is 769. The molecule has 3 aromatic rings. The fourth-order valence-electron chi connectivity index (χ4n) is 2.71. The fraction of sp³-hybridized carbons (Fsp3) is 0.0952. The molecule has 0 aliphatic heterocycles. The maximum Gasteiger partial charge on any atom is 0.188 e. The highest BCUT2D eigenvalue weighted by Crippen LogP contribution is 2.36. The van der Waals surface area contributed by atoms with E-state index in [1.54, 1.807) is 0 Å². The molecule has 1 nitrogen and oxygen atoms in total. The summed E-state index contributed by atoms with van der Waals surface area (Å²) in [4.78, 5) is 12.0. The van der Waals surface area contributed by atoms with Crippen molar-refractivity contribution in [1.29, 1.82) is 0 Å². The molecule has 0 radical (unpaired) electrons. The Morgan fingerprint density at radius 1 is 0.739 bits per heavy atom. The minimum Gasteiger partial charge on any atom is -0.292 e. The van der Waals surface area contributed by atoms with E-state index in [-0.39, 0.29) is 5.78 Å². The second-order valence-electron chi connectivity index (χ2n) is 5.52. The van der Waals surface area contributed by atoms with Gasteiger partial charge in [-0.05, 0) is 11.1 Å². The van der Waals surface area contributed by atoms with Crippen LogP contribution in [0.15, 0.2) is 91.0 Å². The van der Waals surface area contributed by atoms with Crippen molar-refractivity contribution in [3.63, 3.8) is 0 Å². The Kier molecular flexibility index (Phi) is 4.59. The molecular weight excluding hydrogens is 304 g/mol. The normalized spacial score (nSPS) is 13.3. The minimum absolute atomic E-state index is 0.0742. The molecule has 0 unspecified atom stereocenters. The third-order valence-electron chi connectivity index (χ3n) is 3.92. The number of benzene rings is 3. The number of hydrogen-bond donors (Lipinski definition) is 0. The van der Waals surface area contributed by atoms with E-state index in [4.69, 9.17) is 11.6 Å². The minimum atomic E-state index is -1.11. The first-order chi connectivity index (χ1) is 11.2. The van der Waals surface area contributed by atoms with E-state index in [0.29, 0.717) is 12.0 Å². The van der Waals surface area contributed by atoms with Crippen LogP contribution in [0.5, 0.6) is 0 Å². The van der Waals surface area contributed by atoms with Gasteiger partial charge in [0.25, 0.3) is 0 Å². The molecule has 114 valence electrons. The van der Waals surface area contributed by atoms with Gasteiger partial charge in [-0.1, -0.05) is 91.0 Å². The largest absolute Gasteiger partial charge is 0.292 e. The summed E-state index contributed by atoms with van der Waals surface area (Å²) < 4.78 is 0.